The molecule has 15 heavy (non-hydrogen) atoms. The van der Waals surface area contributed by atoms with Gasteiger partial charge in [0.2, 0.25) is 11.8 Å². The molecule has 0 bridgehead atoms. The standard InChI is InChI=1S/C7H8O.C4H5NO2/c1-8-7-5-3-2-4-6-7;6-3-1-2-4(7)5-3/h2-6H,1H3;1-2H2,(H,5,6,7). The third kappa shape index (κ3) is 4.26. The van der Waals surface area contributed by atoms with Crippen molar-refractivity contribution in [2.75, 3.05) is 7.11 Å². The highest BCUT2D eigenvalue weighted by atomic mass is 16.5. The lowest BCUT2D eigenvalue weighted by Gasteiger charge is -1.93. The molecule has 0 radical (unpaired) electrons. The van der Waals surface area contributed by atoms with E-state index in [1.54, 1.807) is 7.11 Å². The molecule has 1 heterocycles. The van der Waals surface area contributed by atoms with Crippen molar-refractivity contribution in [3.63, 3.8) is 0 Å². The van der Waals surface area contributed by atoms with Crippen molar-refractivity contribution >= 4 is 11.8 Å². The van der Waals surface area contributed by atoms with Gasteiger partial charge in [-0.1, -0.05) is 18.2 Å². The Kier molecular flexibility index (Phi) is 4.34. The Morgan fingerprint density at radius 1 is 1.07 bits per heavy atom. The van der Waals surface area contributed by atoms with E-state index in [2.05, 4.69) is 5.32 Å². The van der Waals surface area contributed by atoms with Crippen molar-refractivity contribution in [2.45, 2.75) is 12.8 Å². The summed E-state index contributed by atoms with van der Waals surface area (Å²) in [6, 6.07) is 9.68. The molecule has 1 aliphatic rings. The van der Waals surface area contributed by atoms with Gasteiger partial charge in [-0.15, -0.1) is 0 Å². The Labute approximate surface area is 88.2 Å². The van der Waals surface area contributed by atoms with Gasteiger partial charge in [0.15, 0.2) is 0 Å². The molecule has 4 heteroatoms. The summed E-state index contributed by atoms with van der Waals surface area (Å²) in [4.78, 5) is 20.2. The van der Waals surface area contributed by atoms with E-state index < -0.39 is 0 Å². The molecule has 2 rings (SSSR count). The first-order valence-electron chi connectivity index (χ1n) is 4.64. The molecule has 0 saturated carbocycles. The summed E-state index contributed by atoms with van der Waals surface area (Å²) in [5, 5.41) is 2.14. The highest BCUT2D eigenvalue weighted by Gasteiger charge is 2.15. The van der Waals surface area contributed by atoms with Crippen molar-refractivity contribution in [1.82, 2.24) is 5.32 Å². The Balaban J connectivity index is 0.000000151. The smallest absolute Gasteiger partial charge is 0.227 e. The molecule has 1 aromatic rings. The minimum absolute atomic E-state index is 0.148. The molecular formula is C11H13NO3. The van der Waals surface area contributed by atoms with E-state index in [9.17, 15) is 9.59 Å². The predicted molar refractivity (Wildman–Crippen MR) is 55.4 cm³/mol. The Hall–Kier alpha value is -1.84. The van der Waals surface area contributed by atoms with Gasteiger partial charge in [0.25, 0.3) is 0 Å². The minimum Gasteiger partial charge on any atom is -0.497 e. The van der Waals surface area contributed by atoms with Crippen LogP contribution in [-0.4, -0.2) is 18.9 Å². The number of hydrogen-bond donors (Lipinski definition) is 1. The Bertz CT molecular complexity index is 321. The van der Waals surface area contributed by atoms with E-state index in [0.29, 0.717) is 12.8 Å². The summed E-state index contributed by atoms with van der Waals surface area (Å²) in [6.45, 7) is 0. The summed E-state index contributed by atoms with van der Waals surface area (Å²) in [6.07, 6.45) is 0.748. The van der Waals surface area contributed by atoms with Gasteiger partial charge in [-0.3, -0.25) is 14.9 Å². The maximum atomic E-state index is 10.1. The van der Waals surface area contributed by atoms with Gasteiger partial charge in [-0.2, -0.15) is 0 Å². The molecule has 80 valence electrons. The third-order valence-corrected chi connectivity index (χ3v) is 1.84. The van der Waals surface area contributed by atoms with E-state index >= 15 is 0 Å². The number of ether oxygens (including phenoxy) is 1. The van der Waals surface area contributed by atoms with Crippen LogP contribution < -0.4 is 10.1 Å². The van der Waals surface area contributed by atoms with Crippen LogP contribution >= 0.6 is 0 Å². The van der Waals surface area contributed by atoms with E-state index in [1.807, 2.05) is 30.3 Å². The van der Waals surface area contributed by atoms with Gasteiger partial charge in [-0.25, -0.2) is 0 Å². The zero-order valence-corrected chi connectivity index (χ0v) is 8.53. The van der Waals surface area contributed by atoms with Crippen molar-refractivity contribution in [1.29, 1.82) is 0 Å². The topological polar surface area (TPSA) is 55.4 Å². The van der Waals surface area contributed by atoms with Crippen LogP contribution in [0.5, 0.6) is 5.75 Å². The number of nitrogens with one attached hydrogen (secondary N) is 1. The number of carbonyl (C=O) groups excluding carboxylic acids is 2. The second-order valence-electron chi connectivity index (χ2n) is 2.99. The molecule has 1 N–H and O–H groups in total. The van der Waals surface area contributed by atoms with Crippen LogP contribution in [0.4, 0.5) is 0 Å². The predicted octanol–water partition coefficient (Wildman–Crippen LogP) is 1.12. The first kappa shape index (κ1) is 11.2. The van der Waals surface area contributed by atoms with Crippen molar-refractivity contribution in [2.24, 2.45) is 0 Å². The SMILES string of the molecule is COc1ccccc1.O=C1CCC(=O)N1. The summed E-state index contributed by atoms with van der Waals surface area (Å²) in [5.74, 6) is 0.613. The van der Waals surface area contributed by atoms with E-state index in [-0.39, 0.29) is 11.8 Å². The molecular weight excluding hydrogens is 194 g/mol. The summed E-state index contributed by atoms with van der Waals surface area (Å²) >= 11 is 0. The number of rotatable bonds is 1. The zero-order chi connectivity index (χ0) is 11.1. The van der Waals surface area contributed by atoms with Crippen LogP contribution in [0.3, 0.4) is 0 Å². The molecule has 1 aliphatic heterocycles. The molecule has 2 amide bonds. The average molecular weight is 207 g/mol. The lowest BCUT2D eigenvalue weighted by Crippen LogP contribution is -2.18. The monoisotopic (exact) mass is 207 g/mol. The first-order valence-corrected chi connectivity index (χ1v) is 4.64. The van der Waals surface area contributed by atoms with Gasteiger partial charge in [0.05, 0.1) is 7.11 Å². The van der Waals surface area contributed by atoms with Crippen LogP contribution in [0.25, 0.3) is 0 Å². The third-order valence-electron chi connectivity index (χ3n) is 1.84. The van der Waals surface area contributed by atoms with Gasteiger partial charge in [-0.05, 0) is 12.1 Å². The molecule has 0 atom stereocenters. The molecule has 1 saturated heterocycles. The average Bonchev–Trinajstić information content (AvgIpc) is 2.65. The number of imide groups is 1. The number of methoxy groups -OCH3 is 1. The highest BCUT2D eigenvalue weighted by molar-refractivity contribution is 6.01. The van der Waals surface area contributed by atoms with E-state index in [4.69, 9.17) is 4.74 Å². The number of para-hydroxylation sites is 1. The van der Waals surface area contributed by atoms with Gasteiger partial charge in [0.1, 0.15) is 5.75 Å². The van der Waals surface area contributed by atoms with Gasteiger partial charge < -0.3 is 4.74 Å². The highest BCUT2D eigenvalue weighted by Crippen LogP contribution is 2.05. The van der Waals surface area contributed by atoms with Crippen LogP contribution in [-0.2, 0) is 9.59 Å². The fraction of sp³-hybridized carbons (Fsp3) is 0.273. The number of benzene rings is 1. The maximum Gasteiger partial charge on any atom is 0.227 e. The lowest BCUT2D eigenvalue weighted by molar-refractivity contribution is -0.124. The molecule has 0 aromatic heterocycles. The first-order chi connectivity index (χ1) is 7.22. The van der Waals surface area contributed by atoms with Gasteiger partial charge >= 0.3 is 0 Å². The molecule has 0 unspecified atom stereocenters. The van der Waals surface area contributed by atoms with Crippen LogP contribution in [0, 0.1) is 0 Å². The fourth-order valence-corrected chi connectivity index (χ4v) is 1.06. The van der Waals surface area contributed by atoms with Crippen LogP contribution in [0.1, 0.15) is 12.8 Å². The molecule has 0 aliphatic carbocycles. The second kappa shape index (κ2) is 5.80. The maximum absolute atomic E-state index is 10.1. The van der Waals surface area contributed by atoms with Crippen LogP contribution in [0.15, 0.2) is 30.3 Å². The summed E-state index contributed by atoms with van der Waals surface area (Å²) < 4.78 is 4.91. The Morgan fingerprint density at radius 2 is 1.60 bits per heavy atom. The minimum atomic E-state index is -0.148. The van der Waals surface area contributed by atoms with E-state index in [0.717, 1.165) is 5.75 Å². The second-order valence-corrected chi connectivity index (χ2v) is 2.99. The summed E-state index contributed by atoms with van der Waals surface area (Å²) in [5.41, 5.74) is 0. The molecule has 1 aromatic carbocycles. The lowest BCUT2D eigenvalue weighted by atomic mass is 10.3. The van der Waals surface area contributed by atoms with Crippen LogP contribution in [0.2, 0.25) is 0 Å². The normalized spacial score (nSPS) is 13.9. The quantitative estimate of drug-likeness (QED) is 0.702. The zero-order valence-electron chi connectivity index (χ0n) is 8.53. The Morgan fingerprint density at radius 3 is 1.87 bits per heavy atom. The molecule has 1 fully saturated rings. The number of hydrogen-bond acceptors (Lipinski definition) is 3. The molecule has 0 spiro atoms. The number of amides is 2. The van der Waals surface area contributed by atoms with Gasteiger partial charge in [0, 0.05) is 12.8 Å². The fourth-order valence-electron chi connectivity index (χ4n) is 1.06. The van der Waals surface area contributed by atoms with E-state index in [1.165, 1.54) is 0 Å². The van der Waals surface area contributed by atoms with Crippen molar-refractivity contribution < 1.29 is 14.3 Å². The number of carbonyl (C=O) groups is 2. The van der Waals surface area contributed by atoms with Crippen molar-refractivity contribution in [3.8, 4) is 5.75 Å². The largest absolute Gasteiger partial charge is 0.497 e. The van der Waals surface area contributed by atoms with Crippen molar-refractivity contribution in [3.05, 3.63) is 30.3 Å². The summed E-state index contributed by atoms with van der Waals surface area (Å²) in [7, 11) is 1.66. The molecule has 4 nitrogen and oxygen atoms in total.